The summed E-state index contributed by atoms with van der Waals surface area (Å²) in [5.74, 6) is -0.644. The fourth-order valence-corrected chi connectivity index (χ4v) is 3.67. The van der Waals surface area contributed by atoms with Crippen molar-refractivity contribution >= 4 is 9.84 Å². The van der Waals surface area contributed by atoms with Crippen LogP contribution in [0, 0.1) is 13.8 Å². The van der Waals surface area contributed by atoms with Gasteiger partial charge in [0.2, 0.25) is 9.84 Å². The van der Waals surface area contributed by atoms with Crippen LogP contribution in [-0.4, -0.2) is 18.6 Å². The Morgan fingerprint density at radius 2 is 1.63 bits per heavy atom. The van der Waals surface area contributed by atoms with Gasteiger partial charge in [0.15, 0.2) is 0 Å². The third-order valence-corrected chi connectivity index (χ3v) is 4.84. The van der Waals surface area contributed by atoms with E-state index < -0.39 is 9.84 Å². The number of phenols is 2. The van der Waals surface area contributed by atoms with E-state index in [9.17, 15) is 18.6 Å². The molecule has 100 valence electrons. The number of sulfone groups is 1. The Morgan fingerprint density at radius 1 is 0.947 bits per heavy atom. The SMILES string of the molecule is Cc1ccc(O)c(S(=O)(=O)c2c(C)cccc2O)c1. The molecule has 19 heavy (non-hydrogen) atoms. The second kappa shape index (κ2) is 4.59. The van der Waals surface area contributed by atoms with E-state index in [1.807, 2.05) is 0 Å². The molecule has 0 amide bonds. The Bertz CT molecular complexity index is 713. The summed E-state index contributed by atoms with van der Waals surface area (Å²) in [6.45, 7) is 3.33. The highest BCUT2D eigenvalue weighted by atomic mass is 32.2. The standard InChI is InChI=1S/C14H14O4S/c1-9-6-7-11(15)13(8-9)19(17,18)14-10(2)4-3-5-12(14)16/h3-8,15-16H,1-2H3. The van der Waals surface area contributed by atoms with Gasteiger partial charge in [0.1, 0.15) is 21.3 Å². The minimum Gasteiger partial charge on any atom is -0.507 e. The molecule has 2 aromatic carbocycles. The summed E-state index contributed by atoms with van der Waals surface area (Å²) in [7, 11) is -3.95. The average molecular weight is 278 g/mol. The van der Waals surface area contributed by atoms with E-state index in [1.54, 1.807) is 32.0 Å². The zero-order chi connectivity index (χ0) is 14.2. The predicted molar refractivity (Wildman–Crippen MR) is 71.1 cm³/mol. The second-order valence-corrected chi connectivity index (χ2v) is 6.25. The normalized spacial score (nSPS) is 11.5. The third-order valence-electron chi connectivity index (χ3n) is 2.86. The van der Waals surface area contributed by atoms with Crippen LogP contribution in [0.5, 0.6) is 11.5 Å². The van der Waals surface area contributed by atoms with Gasteiger partial charge in [-0.25, -0.2) is 8.42 Å². The molecule has 2 N–H and O–H groups in total. The van der Waals surface area contributed by atoms with Crippen molar-refractivity contribution in [1.82, 2.24) is 0 Å². The van der Waals surface area contributed by atoms with Crippen molar-refractivity contribution in [2.45, 2.75) is 23.6 Å². The Morgan fingerprint density at radius 3 is 2.26 bits per heavy atom. The number of benzene rings is 2. The molecule has 0 saturated heterocycles. The largest absolute Gasteiger partial charge is 0.507 e. The van der Waals surface area contributed by atoms with Gasteiger partial charge in [-0.1, -0.05) is 18.2 Å². The van der Waals surface area contributed by atoms with Crippen LogP contribution in [0.3, 0.4) is 0 Å². The molecule has 0 fully saturated rings. The molecule has 0 aliphatic rings. The van der Waals surface area contributed by atoms with E-state index in [1.165, 1.54) is 18.2 Å². The first-order chi connectivity index (χ1) is 8.84. The summed E-state index contributed by atoms with van der Waals surface area (Å²) < 4.78 is 25.1. The molecule has 0 radical (unpaired) electrons. The summed E-state index contributed by atoms with van der Waals surface area (Å²) in [6.07, 6.45) is 0. The van der Waals surface area contributed by atoms with E-state index in [0.29, 0.717) is 11.1 Å². The molecule has 0 heterocycles. The molecule has 0 bridgehead atoms. The molecular weight excluding hydrogens is 264 g/mol. The number of aromatic hydroxyl groups is 2. The maximum Gasteiger partial charge on any atom is 0.214 e. The monoisotopic (exact) mass is 278 g/mol. The van der Waals surface area contributed by atoms with Crippen LogP contribution in [0.15, 0.2) is 46.2 Å². The van der Waals surface area contributed by atoms with Crippen molar-refractivity contribution in [2.75, 3.05) is 0 Å². The van der Waals surface area contributed by atoms with Gasteiger partial charge in [0.25, 0.3) is 0 Å². The molecule has 0 aliphatic heterocycles. The minimum absolute atomic E-state index is 0.170. The van der Waals surface area contributed by atoms with E-state index >= 15 is 0 Å². The summed E-state index contributed by atoms with van der Waals surface area (Å²) in [5, 5.41) is 19.5. The topological polar surface area (TPSA) is 74.6 Å². The lowest BCUT2D eigenvalue weighted by Gasteiger charge is -2.11. The molecule has 5 heteroatoms. The Kier molecular flexibility index (Phi) is 3.24. The molecule has 2 rings (SSSR count). The van der Waals surface area contributed by atoms with Gasteiger partial charge in [-0.15, -0.1) is 0 Å². The Labute approximate surface area is 111 Å². The highest BCUT2D eigenvalue weighted by molar-refractivity contribution is 7.91. The van der Waals surface area contributed by atoms with Crippen LogP contribution >= 0.6 is 0 Å². The number of phenolic OH excluding ortho intramolecular Hbond substituents is 2. The van der Waals surface area contributed by atoms with Crippen molar-refractivity contribution in [3.63, 3.8) is 0 Å². The summed E-state index contributed by atoms with van der Waals surface area (Å²) in [6, 6.07) is 8.81. The van der Waals surface area contributed by atoms with Gasteiger partial charge >= 0.3 is 0 Å². The molecule has 0 aliphatic carbocycles. The minimum atomic E-state index is -3.95. The quantitative estimate of drug-likeness (QED) is 0.885. The smallest absolute Gasteiger partial charge is 0.214 e. The summed E-state index contributed by atoms with van der Waals surface area (Å²) >= 11 is 0. The van der Waals surface area contributed by atoms with Gasteiger partial charge in [0.05, 0.1) is 0 Å². The number of rotatable bonds is 2. The molecule has 0 atom stereocenters. The van der Waals surface area contributed by atoms with Crippen molar-refractivity contribution < 1.29 is 18.6 Å². The van der Waals surface area contributed by atoms with Crippen molar-refractivity contribution in [3.05, 3.63) is 47.5 Å². The van der Waals surface area contributed by atoms with E-state index in [0.717, 1.165) is 0 Å². The molecule has 0 spiro atoms. The van der Waals surface area contributed by atoms with Crippen molar-refractivity contribution in [3.8, 4) is 11.5 Å². The second-order valence-electron chi connectivity index (χ2n) is 4.40. The van der Waals surface area contributed by atoms with Crippen LogP contribution in [0.4, 0.5) is 0 Å². The molecule has 0 unspecified atom stereocenters. The zero-order valence-corrected chi connectivity index (χ0v) is 11.4. The third kappa shape index (κ3) is 2.29. The first kappa shape index (κ1) is 13.4. The highest BCUT2D eigenvalue weighted by Crippen LogP contribution is 2.35. The van der Waals surface area contributed by atoms with Crippen LogP contribution in [-0.2, 0) is 9.84 Å². The summed E-state index contributed by atoms with van der Waals surface area (Å²) in [4.78, 5) is -0.368. The molecule has 4 nitrogen and oxygen atoms in total. The Balaban J connectivity index is 2.77. The first-order valence-corrected chi connectivity index (χ1v) is 7.15. The highest BCUT2D eigenvalue weighted by Gasteiger charge is 2.26. The van der Waals surface area contributed by atoms with E-state index in [4.69, 9.17) is 0 Å². The maximum atomic E-state index is 12.5. The number of aryl methyl sites for hydroxylation is 2. The predicted octanol–water partition coefficient (Wildman–Crippen LogP) is 2.55. The van der Waals surface area contributed by atoms with Crippen LogP contribution < -0.4 is 0 Å². The number of hydrogen-bond acceptors (Lipinski definition) is 4. The molecule has 2 aromatic rings. The maximum absolute atomic E-state index is 12.5. The van der Waals surface area contributed by atoms with E-state index in [2.05, 4.69) is 0 Å². The molecule has 0 saturated carbocycles. The Hall–Kier alpha value is -2.01. The van der Waals surface area contributed by atoms with Crippen molar-refractivity contribution in [2.24, 2.45) is 0 Å². The van der Waals surface area contributed by atoms with Crippen LogP contribution in [0.1, 0.15) is 11.1 Å². The van der Waals surface area contributed by atoms with Gasteiger partial charge in [-0.2, -0.15) is 0 Å². The van der Waals surface area contributed by atoms with Crippen LogP contribution in [0.2, 0.25) is 0 Å². The molecular formula is C14H14O4S. The lowest BCUT2D eigenvalue weighted by atomic mass is 10.2. The summed E-state index contributed by atoms with van der Waals surface area (Å²) in [5.41, 5.74) is 1.14. The fraction of sp³-hybridized carbons (Fsp3) is 0.143. The van der Waals surface area contributed by atoms with Gasteiger partial charge < -0.3 is 10.2 Å². The van der Waals surface area contributed by atoms with Crippen molar-refractivity contribution in [1.29, 1.82) is 0 Å². The lowest BCUT2D eigenvalue weighted by Crippen LogP contribution is -2.05. The van der Waals surface area contributed by atoms with E-state index in [-0.39, 0.29) is 21.3 Å². The van der Waals surface area contributed by atoms with Gasteiger partial charge in [-0.3, -0.25) is 0 Å². The average Bonchev–Trinajstić information content (AvgIpc) is 2.31. The fourth-order valence-electron chi connectivity index (χ4n) is 1.93. The lowest BCUT2D eigenvalue weighted by molar-refractivity contribution is 0.452. The first-order valence-electron chi connectivity index (χ1n) is 5.67. The number of hydrogen-bond donors (Lipinski definition) is 2. The van der Waals surface area contributed by atoms with Crippen LogP contribution in [0.25, 0.3) is 0 Å². The zero-order valence-electron chi connectivity index (χ0n) is 10.6. The molecule has 0 aromatic heterocycles. The van der Waals surface area contributed by atoms with Gasteiger partial charge in [-0.05, 0) is 43.2 Å². The van der Waals surface area contributed by atoms with Gasteiger partial charge in [0, 0.05) is 0 Å².